The predicted molar refractivity (Wildman–Crippen MR) is 72.7 cm³/mol. The van der Waals surface area contributed by atoms with Crippen molar-refractivity contribution in [2.75, 3.05) is 6.54 Å². The molecule has 0 aliphatic rings. The fourth-order valence-electron chi connectivity index (χ4n) is 1.56. The van der Waals surface area contributed by atoms with Crippen molar-refractivity contribution in [1.82, 2.24) is 10.0 Å². The van der Waals surface area contributed by atoms with Gasteiger partial charge in [-0.3, -0.25) is 10.0 Å². The van der Waals surface area contributed by atoms with E-state index in [1.54, 1.807) is 6.54 Å². The second-order valence-corrected chi connectivity index (χ2v) is 4.37. The van der Waals surface area contributed by atoms with Crippen LogP contribution in [-0.4, -0.2) is 28.6 Å². The number of hydrogen-bond acceptors (Lipinski definition) is 4. The lowest BCUT2D eigenvalue weighted by Gasteiger charge is -2.13. The number of nitrogens with two attached hydrogens (primary N) is 4. The number of carbonyl (C=O) groups excluding carboxylic acids is 2. The molecule has 19 heavy (non-hydrogen) atoms. The highest BCUT2D eigenvalue weighted by atomic mass is 16.2. The number of rotatable bonds is 10. The quantitative estimate of drug-likeness (QED) is 0.197. The zero-order valence-electron chi connectivity index (χ0n) is 11.3. The highest BCUT2D eigenvalue weighted by Gasteiger charge is 2.03. The summed E-state index contributed by atoms with van der Waals surface area (Å²) >= 11 is 0. The summed E-state index contributed by atoms with van der Waals surface area (Å²) in [6.45, 7) is 2.07. The van der Waals surface area contributed by atoms with Gasteiger partial charge in [-0.15, -0.1) is 0 Å². The number of hydrazine groups is 2. The first kappa shape index (κ1) is 17.5. The maximum Gasteiger partial charge on any atom is 0.329 e. The Morgan fingerprint density at radius 2 is 1.37 bits per heavy atom. The van der Waals surface area contributed by atoms with E-state index < -0.39 is 12.1 Å². The van der Waals surface area contributed by atoms with Crippen LogP contribution in [0.1, 0.15) is 44.9 Å². The van der Waals surface area contributed by atoms with Crippen molar-refractivity contribution in [2.24, 2.45) is 23.2 Å². The van der Waals surface area contributed by atoms with Gasteiger partial charge < -0.3 is 11.5 Å². The molecule has 0 saturated heterocycles. The van der Waals surface area contributed by atoms with Crippen LogP contribution in [0.3, 0.4) is 0 Å². The van der Waals surface area contributed by atoms with Crippen molar-refractivity contribution in [1.29, 1.82) is 0 Å². The van der Waals surface area contributed by atoms with Crippen LogP contribution in [-0.2, 0) is 0 Å². The van der Waals surface area contributed by atoms with Crippen LogP contribution in [0.15, 0.2) is 0 Å². The van der Waals surface area contributed by atoms with E-state index in [1.165, 1.54) is 0 Å². The molecule has 0 aliphatic heterocycles. The molecule has 0 heterocycles. The Labute approximate surface area is 114 Å². The molecule has 8 nitrogen and oxygen atoms in total. The second-order valence-electron chi connectivity index (χ2n) is 4.37. The van der Waals surface area contributed by atoms with Gasteiger partial charge in [0.2, 0.25) is 0 Å². The molecule has 4 amide bonds. The number of primary amides is 2. The van der Waals surface area contributed by atoms with Crippen molar-refractivity contribution in [2.45, 2.75) is 44.9 Å². The van der Waals surface area contributed by atoms with Crippen LogP contribution < -0.4 is 23.2 Å². The Bertz CT molecular complexity index is 248. The number of unbranched alkanes of at least 4 members (excludes halogenated alkanes) is 6. The summed E-state index contributed by atoms with van der Waals surface area (Å²) < 4.78 is 0. The SMILES string of the molecule is NC(=O)N(N)[CH]CCCCCCCCN(N)C(N)=O. The zero-order valence-corrected chi connectivity index (χ0v) is 11.3. The first-order valence-electron chi connectivity index (χ1n) is 6.43. The summed E-state index contributed by atoms with van der Waals surface area (Å²) in [5.41, 5.74) is 9.95. The number of amides is 4. The molecule has 0 spiro atoms. The first-order valence-corrected chi connectivity index (χ1v) is 6.43. The fraction of sp³-hybridized carbons (Fsp3) is 0.727. The van der Waals surface area contributed by atoms with Gasteiger partial charge >= 0.3 is 12.1 Å². The molecule has 0 aliphatic carbocycles. The molecule has 8 N–H and O–H groups in total. The minimum absolute atomic E-state index is 0.490. The van der Waals surface area contributed by atoms with E-state index in [0.717, 1.165) is 55.0 Å². The Balaban J connectivity index is 3.24. The smallest absolute Gasteiger partial charge is 0.329 e. The van der Waals surface area contributed by atoms with Crippen LogP contribution in [0.2, 0.25) is 0 Å². The fourth-order valence-corrected chi connectivity index (χ4v) is 1.56. The average Bonchev–Trinajstić information content (AvgIpc) is 2.35. The third-order valence-corrected chi connectivity index (χ3v) is 2.72. The summed E-state index contributed by atoms with van der Waals surface area (Å²) in [4.78, 5) is 21.2. The van der Waals surface area contributed by atoms with E-state index in [9.17, 15) is 9.59 Å². The minimum Gasteiger partial charge on any atom is -0.350 e. The maximum absolute atomic E-state index is 10.6. The van der Waals surface area contributed by atoms with Gasteiger partial charge in [-0.2, -0.15) is 0 Å². The van der Waals surface area contributed by atoms with E-state index in [-0.39, 0.29) is 0 Å². The van der Waals surface area contributed by atoms with E-state index in [1.807, 2.05) is 0 Å². The highest BCUT2D eigenvalue weighted by molar-refractivity contribution is 5.71. The average molecular weight is 273 g/mol. The highest BCUT2D eigenvalue weighted by Crippen LogP contribution is 2.08. The van der Waals surface area contributed by atoms with Gasteiger partial charge in [-0.25, -0.2) is 21.3 Å². The van der Waals surface area contributed by atoms with Crippen molar-refractivity contribution < 1.29 is 9.59 Å². The summed E-state index contributed by atoms with van der Waals surface area (Å²) in [5.74, 6) is 10.6. The normalized spacial score (nSPS) is 10.2. The third-order valence-electron chi connectivity index (χ3n) is 2.72. The molecular formula is C11H25N6O2. The Morgan fingerprint density at radius 3 is 1.89 bits per heavy atom. The molecule has 0 aromatic heterocycles. The van der Waals surface area contributed by atoms with Gasteiger partial charge in [-0.1, -0.05) is 32.1 Å². The summed E-state index contributed by atoms with van der Waals surface area (Å²) in [7, 11) is 0. The van der Waals surface area contributed by atoms with E-state index in [4.69, 9.17) is 23.2 Å². The van der Waals surface area contributed by atoms with Gasteiger partial charge in [0.25, 0.3) is 0 Å². The van der Waals surface area contributed by atoms with Crippen molar-refractivity contribution in [3.8, 4) is 0 Å². The molecule has 0 aromatic carbocycles. The van der Waals surface area contributed by atoms with Crippen molar-refractivity contribution >= 4 is 12.1 Å². The lowest BCUT2D eigenvalue weighted by molar-refractivity contribution is 0.207. The molecule has 0 rings (SSSR count). The number of hydrogen-bond donors (Lipinski definition) is 4. The van der Waals surface area contributed by atoms with Crippen LogP contribution >= 0.6 is 0 Å². The number of carbonyl (C=O) groups is 2. The van der Waals surface area contributed by atoms with E-state index in [2.05, 4.69) is 0 Å². The lowest BCUT2D eigenvalue weighted by atomic mass is 10.1. The maximum atomic E-state index is 10.6. The Morgan fingerprint density at radius 1 is 0.842 bits per heavy atom. The molecular weight excluding hydrogens is 248 g/mol. The molecule has 1 radical (unpaired) electrons. The number of nitrogens with zero attached hydrogens (tertiary/aromatic N) is 2. The van der Waals surface area contributed by atoms with Crippen molar-refractivity contribution in [3.05, 3.63) is 6.54 Å². The van der Waals surface area contributed by atoms with Gasteiger partial charge in [0.1, 0.15) is 0 Å². The molecule has 0 fully saturated rings. The first-order chi connectivity index (χ1) is 8.95. The van der Waals surface area contributed by atoms with Crippen LogP contribution in [0.4, 0.5) is 9.59 Å². The molecule has 111 valence electrons. The molecule has 0 aromatic rings. The molecule has 8 heteroatoms. The summed E-state index contributed by atoms with van der Waals surface area (Å²) in [6.07, 6.45) is 6.79. The van der Waals surface area contributed by atoms with Gasteiger partial charge in [0.15, 0.2) is 0 Å². The molecule has 0 unspecified atom stereocenters. The van der Waals surface area contributed by atoms with Crippen molar-refractivity contribution in [3.63, 3.8) is 0 Å². The number of urea groups is 2. The van der Waals surface area contributed by atoms with Gasteiger partial charge in [0, 0.05) is 6.54 Å². The summed E-state index contributed by atoms with van der Waals surface area (Å²) in [6, 6.07) is -1.25. The predicted octanol–water partition coefficient (Wildman–Crippen LogP) is 0.388. The molecule has 0 bridgehead atoms. The topological polar surface area (TPSA) is 145 Å². The lowest BCUT2D eigenvalue weighted by Crippen LogP contribution is -2.41. The summed E-state index contributed by atoms with van der Waals surface area (Å²) in [5, 5.41) is 1.92. The zero-order chi connectivity index (χ0) is 14.7. The van der Waals surface area contributed by atoms with Crippen LogP contribution in [0.25, 0.3) is 0 Å². The van der Waals surface area contributed by atoms with Gasteiger partial charge in [-0.05, 0) is 12.8 Å². The van der Waals surface area contributed by atoms with E-state index >= 15 is 0 Å². The van der Waals surface area contributed by atoms with Gasteiger partial charge in [0.05, 0.1) is 6.54 Å². The monoisotopic (exact) mass is 273 g/mol. The standard InChI is InChI=1S/C11H25N6O2/c12-10(18)16(14)8-6-4-2-1-3-5-7-9-17(15)11(13)19/h8H,1-7,9,14-15H2,(H2,12,18)(H2,13,19). The Hall–Kier alpha value is -1.54. The second kappa shape index (κ2) is 10.4. The molecule has 0 saturated carbocycles. The Kier molecular flexibility index (Phi) is 9.55. The molecule has 0 atom stereocenters. The minimum atomic E-state index is -0.652. The third kappa shape index (κ3) is 10.1. The van der Waals surface area contributed by atoms with E-state index in [0.29, 0.717) is 6.54 Å². The van der Waals surface area contributed by atoms with Crippen LogP contribution in [0.5, 0.6) is 0 Å². The van der Waals surface area contributed by atoms with Crippen LogP contribution in [0, 0.1) is 6.54 Å². The largest absolute Gasteiger partial charge is 0.350 e.